The van der Waals surface area contributed by atoms with E-state index in [-0.39, 0.29) is 11.8 Å². The highest BCUT2D eigenvalue weighted by atomic mass is 16.5. The molecule has 0 spiro atoms. The average molecular weight is 247 g/mol. The van der Waals surface area contributed by atoms with Gasteiger partial charge in [0.15, 0.2) is 0 Å². The molecule has 0 bridgehead atoms. The first-order chi connectivity index (χ1) is 8.61. The molecule has 2 rings (SSSR count). The van der Waals surface area contributed by atoms with Crippen LogP contribution in [0.2, 0.25) is 0 Å². The molecule has 0 N–H and O–H groups in total. The number of amides is 1. The predicted molar refractivity (Wildman–Crippen MR) is 71.4 cm³/mol. The van der Waals surface area contributed by atoms with Gasteiger partial charge in [-0.15, -0.1) is 0 Å². The van der Waals surface area contributed by atoms with Gasteiger partial charge in [0, 0.05) is 18.5 Å². The Hall–Kier alpha value is -1.51. The number of benzene rings is 1. The summed E-state index contributed by atoms with van der Waals surface area (Å²) in [6.07, 6.45) is 2.29. The second kappa shape index (κ2) is 5.42. The van der Waals surface area contributed by atoms with Gasteiger partial charge in [-0.25, -0.2) is 0 Å². The Labute approximate surface area is 109 Å². The Kier molecular flexibility index (Phi) is 3.90. The van der Waals surface area contributed by atoms with Crippen molar-refractivity contribution in [1.29, 1.82) is 0 Å². The molecule has 1 aliphatic rings. The van der Waals surface area contributed by atoms with Crippen LogP contribution in [0, 0.1) is 5.92 Å². The van der Waals surface area contributed by atoms with Crippen molar-refractivity contribution in [3.63, 3.8) is 0 Å². The molecule has 1 aliphatic carbocycles. The highest BCUT2D eigenvalue weighted by molar-refractivity contribution is 5.78. The summed E-state index contributed by atoms with van der Waals surface area (Å²) in [6, 6.07) is 8.41. The first-order valence-electron chi connectivity index (χ1n) is 6.55. The van der Waals surface area contributed by atoms with E-state index in [4.69, 9.17) is 4.74 Å². The average Bonchev–Trinajstić information content (AvgIpc) is 3.20. The molecular formula is C15H21NO2. The molecule has 0 aliphatic heterocycles. The first kappa shape index (κ1) is 12.9. The fraction of sp³-hybridized carbons (Fsp3) is 0.533. The van der Waals surface area contributed by atoms with Crippen LogP contribution in [-0.4, -0.2) is 24.0 Å². The second-order valence-corrected chi connectivity index (χ2v) is 5.20. The number of ether oxygens (including phenoxy) is 1. The smallest absolute Gasteiger partial charge is 0.225 e. The zero-order chi connectivity index (χ0) is 13.1. The van der Waals surface area contributed by atoms with E-state index in [1.165, 1.54) is 0 Å². The molecule has 0 aromatic heterocycles. The number of hydrogen-bond donors (Lipinski definition) is 0. The van der Waals surface area contributed by atoms with E-state index >= 15 is 0 Å². The van der Waals surface area contributed by atoms with Crippen molar-refractivity contribution in [2.24, 2.45) is 5.92 Å². The summed E-state index contributed by atoms with van der Waals surface area (Å²) in [5.41, 5.74) is 1.16. The lowest BCUT2D eigenvalue weighted by Crippen LogP contribution is -2.35. The summed E-state index contributed by atoms with van der Waals surface area (Å²) >= 11 is 0. The molecule has 0 saturated heterocycles. The van der Waals surface area contributed by atoms with Crippen LogP contribution < -0.4 is 4.74 Å². The van der Waals surface area contributed by atoms with Gasteiger partial charge in [0.25, 0.3) is 0 Å². The Balaban J connectivity index is 2.06. The third kappa shape index (κ3) is 3.03. The molecule has 0 heterocycles. The van der Waals surface area contributed by atoms with E-state index in [2.05, 4.69) is 0 Å². The maximum absolute atomic E-state index is 12.2. The molecule has 1 aromatic rings. The number of methoxy groups -OCH3 is 1. The predicted octanol–water partition coefficient (Wildman–Crippen LogP) is 2.84. The van der Waals surface area contributed by atoms with Crippen molar-refractivity contribution in [3.8, 4) is 5.75 Å². The van der Waals surface area contributed by atoms with Crippen LogP contribution in [0.4, 0.5) is 0 Å². The van der Waals surface area contributed by atoms with Crippen molar-refractivity contribution in [2.45, 2.75) is 39.3 Å². The molecule has 1 fully saturated rings. The number of hydrogen-bond acceptors (Lipinski definition) is 2. The fourth-order valence-electron chi connectivity index (χ4n) is 2.03. The molecule has 1 amide bonds. The van der Waals surface area contributed by atoms with Crippen LogP contribution in [0.1, 0.15) is 32.3 Å². The van der Waals surface area contributed by atoms with Crippen LogP contribution >= 0.6 is 0 Å². The summed E-state index contributed by atoms with van der Waals surface area (Å²) in [4.78, 5) is 14.2. The lowest BCUT2D eigenvalue weighted by Gasteiger charge is -2.24. The molecule has 3 nitrogen and oxygen atoms in total. The van der Waals surface area contributed by atoms with Crippen molar-refractivity contribution in [3.05, 3.63) is 29.8 Å². The van der Waals surface area contributed by atoms with Crippen molar-refractivity contribution in [2.75, 3.05) is 7.11 Å². The number of nitrogens with zero attached hydrogens (tertiary/aromatic N) is 1. The zero-order valence-corrected chi connectivity index (χ0v) is 11.3. The standard InChI is InChI=1S/C15H21NO2/c1-11(2)15(17)16(13-6-7-13)10-12-4-8-14(18-3)9-5-12/h4-5,8-9,11,13H,6-7,10H2,1-3H3. The highest BCUT2D eigenvalue weighted by Gasteiger charge is 2.33. The third-order valence-electron chi connectivity index (χ3n) is 3.28. The van der Waals surface area contributed by atoms with E-state index in [0.717, 1.165) is 24.2 Å². The molecule has 1 aromatic carbocycles. The summed E-state index contributed by atoms with van der Waals surface area (Å²) in [5, 5.41) is 0. The molecule has 18 heavy (non-hydrogen) atoms. The molecule has 1 saturated carbocycles. The van der Waals surface area contributed by atoms with Crippen molar-refractivity contribution in [1.82, 2.24) is 4.90 Å². The highest BCUT2D eigenvalue weighted by Crippen LogP contribution is 2.29. The van der Waals surface area contributed by atoms with E-state index in [1.807, 2.05) is 43.0 Å². The minimum Gasteiger partial charge on any atom is -0.497 e. The quantitative estimate of drug-likeness (QED) is 0.800. The van der Waals surface area contributed by atoms with Crippen molar-refractivity contribution < 1.29 is 9.53 Å². The molecule has 0 radical (unpaired) electrons. The van der Waals surface area contributed by atoms with Gasteiger partial charge in [-0.1, -0.05) is 26.0 Å². The summed E-state index contributed by atoms with van der Waals surface area (Å²) in [7, 11) is 1.66. The molecular weight excluding hydrogens is 226 g/mol. The number of carbonyl (C=O) groups excluding carboxylic acids is 1. The Bertz CT molecular complexity index is 407. The number of rotatable bonds is 5. The van der Waals surface area contributed by atoms with Crippen molar-refractivity contribution >= 4 is 5.91 Å². The van der Waals surface area contributed by atoms with Crippen LogP contribution in [0.3, 0.4) is 0 Å². The van der Waals surface area contributed by atoms with Gasteiger partial charge < -0.3 is 9.64 Å². The lowest BCUT2D eigenvalue weighted by molar-refractivity contribution is -0.135. The summed E-state index contributed by atoms with van der Waals surface area (Å²) in [5.74, 6) is 1.18. The largest absolute Gasteiger partial charge is 0.497 e. The fourth-order valence-corrected chi connectivity index (χ4v) is 2.03. The topological polar surface area (TPSA) is 29.5 Å². The maximum Gasteiger partial charge on any atom is 0.225 e. The van der Waals surface area contributed by atoms with Gasteiger partial charge in [0.1, 0.15) is 5.75 Å². The SMILES string of the molecule is COc1ccc(CN(C(=O)C(C)C)C2CC2)cc1. The maximum atomic E-state index is 12.2. The van der Waals surface area contributed by atoms with Crippen LogP contribution in [0.25, 0.3) is 0 Å². The Morgan fingerprint density at radius 1 is 1.33 bits per heavy atom. The summed E-state index contributed by atoms with van der Waals surface area (Å²) in [6.45, 7) is 4.64. The Morgan fingerprint density at radius 2 is 1.94 bits per heavy atom. The van der Waals surface area contributed by atoms with Gasteiger partial charge in [-0.2, -0.15) is 0 Å². The van der Waals surface area contributed by atoms with Gasteiger partial charge >= 0.3 is 0 Å². The lowest BCUT2D eigenvalue weighted by atomic mass is 10.1. The van der Waals surface area contributed by atoms with Gasteiger partial charge in [-0.05, 0) is 30.5 Å². The van der Waals surface area contributed by atoms with E-state index in [0.29, 0.717) is 12.6 Å². The molecule has 98 valence electrons. The van der Waals surface area contributed by atoms with Crippen LogP contribution in [-0.2, 0) is 11.3 Å². The molecule has 3 heteroatoms. The first-order valence-corrected chi connectivity index (χ1v) is 6.55. The van der Waals surface area contributed by atoms with Crippen LogP contribution in [0.5, 0.6) is 5.75 Å². The van der Waals surface area contributed by atoms with Gasteiger partial charge in [0.2, 0.25) is 5.91 Å². The number of carbonyl (C=O) groups is 1. The minimum atomic E-state index is 0.0730. The zero-order valence-electron chi connectivity index (χ0n) is 11.3. The summed E-state index contributed by atoms with van der Waals surface area (Å²) < 4.78 is 5.14. The third-order valence-corrected chi connectivity index (χ3v) is 3.28. The second-order valence-electron chi connectivity index (χ2n) is 5.20. The monoisotopic (exact) mass is 247 g/mol. The Morgan fingerprint density at radius 3 is 2.39 bits per heavy atom. The normalized spacial score (nSPS) is 14.7. The van der Waals surface area contributed by atoms with E-state index in [1.54, 1.807) is 7.11 Å². The molecule has 0 atom stereocenters. The minimum absolute atomic E-state index is 0.0730. The van der Waals surface area contributed by atoms with Gasteiger partial charge in [0.05, 0.1) is 7.11 Å². The van der Waals surface area contributed by atoms with Crippen LogP contribution in [0.15, 0.2) is 24.3 Å². The van der Waals surface area contributed by atoms with E-state index in [9.17, 15) is 4.79 Å². The van der Waals surface area contributed by atoms with Gasteiger partial charge in [-0.3, -0.25) is 4.79 Å². The van der Waals surface area contributed by atoms with E-state index < -0.39 is 0 Å². The molecule has 0 unspecified atom stereocenters.